The van der Waals surface area contributed by atoms with E-state index in [0.29, 0.717) is 6.54 Å². The van der Waals surface area contributed by atoms with Gasteiger partial charge in [0, 0.05) is 22.8 Å². The van der Waals surface area contributed by atoms with E-state index in [-0.39, 0.29) is 12.5 Å². The zero-order valence-corrected chi connectivity index (χ0v) is 17.9. The number of nitrogens with zero attached hydrogens (tertiary/aromatic N) is 2. The molecule has 0 bridgehead atoms. The van der Waals surface area contributed by atoms with Gasteiger partial charge in [-0.3, -0.25) is 4.79 Å². The fourth-order valence-corrected chi connectivity index (χ4v) is 4.07. The van der Waals surface area contributed by atoms with E-state index in [1.54, 1.807) is 11.3 Å². The molecule has 29 heavy (non-hydrogen) atoms. The molecule has 5 nitrogen and oxygen atoms in total. The Hall–Kier alpha value is -2.74. The number of carbonyl (C=O) groups is 1. The van der Waals surface area contributed by atoms with Crippen LogP contribution in [0, 0.1) is 0 Å². The molecule has 0 aliphatic heterocycles. The fourth-order valence-electron chi connectivity index (χ4n) is 2.94. The van der Waals surface area contributed by atoms with Crippen LogP contribution in [0.25, 0.3) is 16.3 Å². The molecule has 0 saturated heterocycles. The highest BCUT2D eigenvalue weighted by Crippen LogP contribution is 2.27. The van der Waals surface area contributed by atoms with E-state index in [9.17, 15) is 4.79 Å². The fraction of sp³-hybridized carbons (Fsp3) is 0.0909. The third-order valence-electron chi connectivity index (χ3n) is 4.31. The second-order valence-corrected chi connectivity index (χ2v) is 8.19. The lowest BCUT2D eigenvalue weighted by molar-refractivity contribution is -0.115. The van der Waals surface area contributed by atoms with Crippen molar-refractivity contribution >= 4 is 38.9 Å². The quantitative estimate of drug-likeness (QED) is 0.398. The average molecular weight is 467 g/mol. The number of hydrogen-bond acceptors (Lipinski definition) is 4. The predicted molar refractivity (Wildman–Crippen MR) is 121 cm³/mol. The maximum absolute atomic E-state index is 12.3. The van der Waals surface area contributed by atoms with E-state index in [0.717, 1.165) is 32.0 Å². The van der Waals surface area contributed by atoms with E-state index in [1.165, 1.54) is 0 Å². The van der Waals surface area contributed by atoms with Crippen molar-refractivity contribution in [2.24, 2.45) is 0 Å². The molecule has 0 unspecified atom stereocenters. The minimum Gasteiger partial charge on any atom is -0.324 e. The molecule has 0 aliphatic carbocycles. The van der Waals surface area contributed by atoms with Gasteiger partial charge >= 0.3 is 0 Å². The first-order chi connectivity index (χ1) is 14.2. The summed E-state index contributed by atoms with van der Waals surface area (Å²) in [5.74, 6) is -0.0926. The summed E-state index contributed by atoms with van der Waals surface area (Å²) in [6.07, 6.45) is 2.02. The molecular weight excluding hydrogens is 448 g/mol. The summed E-state index contributed by atoms with van der Waals surface area (Å²) < 4.78 is 2.74. The number of aromatic nitrogens is 2. The number of anilines is 1. The number of thiophene rings is 1. The van der Waals surface area contributed by atoms with Gasteiger partial charge in [0.05, 0.1) is 22.8 Å². The monoisotopic (exact) mass is 466 g/mol. The Labute approximate surface area is 181 Å². The number of para-hydroxylation sites is 2. The highest BCUT2D eigenvalue weighted by molar-refractivity contribution is 9.10. The Morgan fingerprint density at radius 2 is 1.83 bits per heavy atom. The Balaban J connectivity index is 1.46. The van der Waals surface area contributed by atoms with Crippen molar-refractivity contribution in [3.8, 4) is 16.3 Å². The Morgan fingerprint density at radius 1 is 1.03 bits per heavy atom. The number of rotatable bonds is 7. The van der Waals surface area contributed by atoms with Gasteiger partial charge in [-0.2, -0.15) is 5.10 Å². The highest BCUT2D eigenvalue weighted by atomic mass is 79.9. The highest BCUT2D eigenvalue weighted by Gasteiger charge is 2.13. The Bertz CT molecular complexity index is 1090. The summed E-state index contributed by atoms with van der Waals surface area (Å²) in [4.78, 5) is 13.4. The number of nitrogens with one attached hydrogen (secondary N) is 2. The number of halogens is 1. The van der Waals surface area contributed by atoms with Crippen molar-refractivity contribution in [3.05, 3.63) is 88.3 Å². The summed E-state index contributed by atoms with van der Waals surface area (Å²) in [7, 11) is 0. The van der Waals surface area contributed by atoms with Gasteiger partial charge in [-0.1, -0.05) is 36.4 Å². The Morgan fingerprint density at radius 3 is 2.59 bits per heavy atom. The largest absolute Gasteiger partial charge is 0.324 e. The first kappa shape index (κ1) is 19.6. The molecule has 2 N–H and O–H groups in total. The molecule has 2 heterocycles. The molecule has 0 radical (unpaired) electrons. The summed E-state index contributed by atoms with van der Waals surface area (Å²) >= 11 is 5.09. The van der Waals surface area contributed by atoms with Crippen LogP contribution in [0.4, 0.5) is 5.69 Å². The molecule has 1 amide bonds. The second-order valence-electron chi connectivity index (χ2n) is 6.39. The third-order valence-corrected chi connectivity index (χ3v) is 5.88. The van der Waals surface area contributed by atoms with Crippen molar-refractivity contribution in [2.45, 2.75) is 6.54 Å². The summed E-state index contributed by atoms with van der Waals surface area (Å²) in [6.45, 7) is 0.755. The van der Waals surface area contributed by atoms with Gasteiger partial charge in [0.2, 0.25) is 5.91 Å². The van der Waals surface area contributed by atoms with Crippen LogP contribution in [0.5, 0.6) is 0 Å². The van der Waals surface area contributed by atoms with Crippen molar-refractivity contribution in [2.75, 3.05) is 11.9 Å². The van der Waals surface area contributed by atoms with Crippen molar-refractivity contribution < 1.29 is 4.79 Å². The van der Waals surface area contributed by atoms with Crippen molar-refractivity contribution in [3.63, 3.8) is 0 Å². The molecule has 0 aliphatic rings. The molecule has 0 spiro atoms. The van der Waals surface area contributed by atoms with Gasteiger partial charge in [0.15, 0.2) is 0 Å². The zero-order chi connectivity index (χ0) is 20.1. The van der Waals surface area contributed by atoms with Gasteiger partial charge < -0.3 is 10.6 Å². The van der Waals surface area contributed by atoms with Crippen LogP contribution in [0.2, 0.25) is 0 Å². The van der Waals surface area contributed by atoms with Crippen molar-refractivity contribution in [1.29, 1.82) is 0 Å². The third kappa shape index (κ3) is 4.82. The molecular formula is C22H19BrN4OS. The van der Waals surface area contributed by atoms with Crippen LogP contribution >= 0.6 is 27.3 Å². The minimum absolute atomic E-state index is 0.0926. The van der Waals surface area contributed by atoms with Crippen LogP contribution in [0.3, 0.4) is 0 Å². The smallest absolute Gasteiger partial charge is 0.238 e. The number of hydrogen-bond donors (Lipinski definition) is 2. The predicted octanol–water partition coefficient (Wildman–Crippen LogP) is 5.09. The molecule has 0 fully saturated rings. The standard InChI is InChI=1S/C22H19BrN4OS/c23-18-9-4-5-10-19(18)25-21(28)14-24-13-16-15-27(17-7-2-1-3-8-17)26-22(16)20-11-6-12-29-20/h1-12,15,24H,13-14H2,(H,25,28). The van der Waals surface area contributed by atoms with Crippen LogP contribution in [-0.4, -0.2) is 22.2 Å². The van der Waals surface area contributed by atoms with E-state index in [4.69, 9.17) is 5.10 Å². The molecule has 4 rings (SSSR count). The number of benzene rings is 2. The van der Waals surface area contributed by atoms with E-state index >= 15 is 0 Å². The summed E-state index contributed by atoms with van der Waals surface area (Å²) in [5.41, 5.74) is 3.74. The normalized spacial score (nSPS) is 10.8. The van der Waals surface area contributed by atoms with Crippen molar-refractivity contribution in [1.82, 2.24) is 15.1 Å². The Kier molecular flexibility index (Phi) is 6.19. The second kappa shape index (κ2) is 9.17. The molecule has 4 aromatic rings. The molecule has 0 saturated carbocycles. The van der Waals surface area contributed by atoms with Crippen LogP contribution < -0.4 is 10.6 Å². The minimum atomic E-state index is -0.0926. The molecule has 146 valence electrons. The van der Waals surface area contributed by atoms with Gasteiger partial charge in [0.1, 0.15) is 5.69 Å². The van der Waals surface area contributed by atoms with Crippen LogP contribution in [0.1, 0.15) is 5.56 Å². The maximum Gasteiger partial charge on any atom is 0.238 e. The van der Waals surface area contributed by atoms with Gasteiger partial charge in [-0.05, 0) is 51.6 Å². The zero-order valence-electron chi connectivity index (χ0n) is 15.5. The lowest BCUT2D eigenvalue weighted by atomic mass is 10.2. The molecule has 2 aromatic heterocycles. The number of carbonyl (C=O) groups excluding carboxylic acids is 1. The van der Waals surface area contributed by atoms with E-state index in [2.05, 4.69) is 32.6 Å². The SMILES string of the molecule is O=C(CNCc1cn(-c2ccccc2)nc1-c1cccs1)Nc1ccccc1Br. The first-order valence-electron chi connectivity index (χ1n) is 9.13. The van der Waals surface area contributed by atoms with Crippen LogP contribution in [0.15, 0.2) is 82.8 Å². The van der Waals surface area contributed by atoms with Crippen LogP contribution in [-0.2, 0) is 11.3 Å². The summed E-state index contributed by atoms with van der Waals surface area (Å²) in [5, 5.41) is 13.0. The lowest BCUT2D eigenvalue weighted by Gasteiger charge is -2.08. The van der Waals surface area contributed by atoms with E-state index < -0.39 is 0 Å². The molecule has 2 aromatic carbocycles. The number of amides is 1. The molecule has 7 heteroatoms. The van der Waals surface area contributed by atoms with Gasteiger partial charge in [-0.25, -0.2) is 4.68 Å². The van der Waals surface area contributed by atoms with Gasteiger partial charge in [0.25, 0.3) is 0 Å². The first-order valence-corrected chi connectivity index (χ1v) is 10.8. The topological polar surface area (TPSA) is 59.0 Å². The van der Waals surface area contributed by atoms with E-state index in [1.807, 2.05) is 76.9 Å². The summed E-state index contributed by atoms with van der Waals surface area (Å²) in [6, 6.07) is 21.6. The van der Waals surface area contributed by atoms with Gasteiger partial charge in [-0.15, -0.1) is 11.3 Å². The lowest BCUT2D eigenvalue weighted by Crippen LogP contribution is -2.27. The maximum atomic E-state index is 12.3. The average Bonchev–Trinajstić information content (AvgIpc) is 3.40. The molecule has 0 atom stereocenters.